The van der Waals surface area contributed by atoms with Gasteiger partial charge in [0.25, 0.3) is 0 Å². The summed E-state index contributed by atoms with van der Waals surface area (Å²) in [6.07, 6.45) is 1.13. The minimum absolute atomic E-state index is 0.461. The van der Waals surface area contributed by atoms with Gasteiger partial charge >= 0.3 is 0 Å². The third-order valence-corrected chi connectivity index (χ3v) is 4.40. The Bertz CT molecular complexity index is 806. The summed E-state index contributed by atoms with van der Waals surface area (Å²) < 4.78 is 7.02. The molecule has 4 rings (SSSR count). The Morgan fingerprint density at radius 1 is 1.27 bits per heavy atom. The molecule has 1 fully saturated rings. The minimum atomic E-state index is 0.461. The molecule has 0 spiro atoms. The SMILES string of the molecule is Cc1cc(C)n([C@@H]2CCN(Cc3cccc4nonc34)C2)n1. The zero-order chi connectivity index (χ0) is 15.1. The Hall–Kier alpha value is -2.21. The van der Waals surface area contributed by atoms with Crippen LogP contribution < -0.4 is 0 Å². The lowest BCUT2D eigenvalue weighted by molar-refractivity contribution is 0.306. The summed E-state index contributed by atoms with van der Waals surface area (Å²) in [5.74, 6) is 0. The van der Waals surface area contributed by atoms with Crippen molar-refractivity contribution in [1.82, 2.24) is 25.0 Å². The Labute approximate surface area is 128 Å². The van der Waals surface area contributed by atoms with E-state index in [1.54, 1.807) is 0 Å². The summed E-state index contributed by atoms with van der Waals surface area (Å²) in [5, 5.41) is 12.6. The molecule has 6 nitrogen and oxygen atoms in total. The average molecular weight is 297 g/mol. The van der Waals surface area contributed by atoms with Crippen LogP contribution in [-0.2, 0) is 6.54 Å². The maximum atomic E-state index is 4.85. The largest absolute Gasteiger partial charge is 0.297 e. The van der Waals surface area contributed by atoms with Gasteiger partial charge in [-0.1, -0.05) is 12.1 Å². The highest BCUT2D eigenvalue weighted by molar-refractivity contribution is 5.76. The molecule has 0 aliphatic carbocycles. The highest BCUT2D eigenvalue weighted by atomic mass is 16.6. The lowest BCUT2D eigenvalue weighted by atomic mass is 10.2. The van der Waals surface area contributed by atoms with Crippen LogP contribution in [0.3, 0.4) is 0 Å². The molecule has 3 aromatic rings. The minimum Gasteiger partial charge on any atom is -0.297 e. The van der Waals surface area contributed by atoms with E-state index in [9.17, 15) is 0 Å². The van der Waals surface area contributed by atoms with Crippen molar-refractivity contribution in [3.05, 3.63) is 41.2 Å². The van der Waals surface area contributed by atoms with Crippen molar-refractivity contribution in [2.45, 2.75) is 32.9 Å². The number of aryl methyl sites for hydroxylation is 2. The van der Waals surface area contributed by atoms with Gasteiger partial charge < -0.3 is 0 Å². The van der Waals surface area contributed by atoms with E-state index < -0.39 is 0 Å². The first-order valence-electron chi connectivity index (χ1n) is 7.66. The van der Waals surface area contributed by atoms with Gasteiger partial charge in [0, 0.05) is 25.3 Å². The Kier molecular flexibility index (Phi) is 3.18. The lowest BCUT2D eigenvalue weighted by Crippen LogP contribution is -2.22. The first-order valence-corrected chi connectivity index (χ1v) is 7.66. The maximum Gasteiger partial charge on any atom is 0.139 e. The van der Waals surface area contributed by atoms with E-state index in [4.69, 9.17) is 4.63 Å². The molecule has 1 aliphatic rings. The monoisotopic (exact) mass is 297 g/mol. The molecule has 6 heteroatoms. The fourth-order valence-corrected chi connectivity index (χ4v) is 3.40. The average Bonchev–Trinajstić information content (AvgIpc) is 3.19. The summed E-state index contributed by atoms with van der Waals surface area (Å²) >= 11 is 0. The molecule has 0 radical (unpaired) electrons. The molecule has 22 heavy (non-hydrogen) atoms. The Morgan fingerprint density at radius 3 is 3.00 bits per heavy atom. The number of nitrogens with zero attached hydrogens (tertiary/aromatic N) is 5. The first kappa shape index (κ1) is 13.5. The number of aromatic nitrogens is 4. The molecule has 1 saturated heterocycles. The van der Waals surface area contributed by atoms with Gasteiger partial charge in [-0.15, -0.1) is 0 Å². The van der Waals surface area contributed by atoms with Crippen molar-refractivity contribution in [2.24, 2.45) is 0 Å². The second kappa shape index (κ2) is 5.21. The smallest absolute Gasteiger partial charge is 0.139 e. The zero-order valence-corrected chi connectivity index (χ0v) is 12.9. The molecule has 0 unspecified atom stereocenters. The predicted octanol–water partition coefficient (Wildman–Crippen LogP) is 2.48. The number of rotatable bonds is 3. The van der Waals surface area contributed by atoms with E-state index in [1.165, 1.54) is 11.3 Å². The van der Waals surface area contributed by atoms with Crippen LogP contribution in [0.25, 0.3) is 11.0 Å². The van der Waals surface area contributed by atoms with Crippen molar-refractivity contribution in [3.8, 4) is 0 Å². The van der Waals surface area contributed by atoms with Crippen LogP contribution in [-0.4, -0.2) is 38.1 Å². The molecular weight excluding hydrogens is 278 g/mol. The molecule has 0 bridgehead atoms. The molecular formula is C16H19N5O. The Balaban J connectivity index is 1.51. The number of likely N-dealkylation sites (tertiary alicyclic amines) is 1. The summed E-state index contributed by atoms with van der Waals surface area (Å²) in [5.41, 5.74) is 5.21. The van der Waals surface area contributed by atoms with E-state index >= 15 is 0 Å². The van der Waals surface area contributed by atoms with Crippen LogP contribution in [0.15, 0.2) is 28.9 Å². The van der Waals surface area contributed by atoms with Crippen LogP contribution in [0.4, 0.5) is 0 Å². The molecule has 0 amide bonds. The quantitative estimate of drug-likeness (QED) is 0.743. The molecule has 1 aromatic carbocycles. The molecule has 0 N–H and O–H groups in total. The standard InChI is InChI=1S/C16H19N5O/c1-11-8-12(2)21(17-11)14-6-7-20(10-14)9-13-4-3-5-15-16(13)19-22-18-15/h3-5,8,14H,6-7,9-10H2,1-2H3/t14-/m1/s1. The molecule has 1 atom stereocenters. The van der Waals surface area contributed by atoms with Gasteiger partial charge in [0.15, 0.2) is 0 Å². The van der Waals surface area contributed by atoms with Crippen molar-refractivity contribution in [2.75, 3.05) is 13.1 Å². The zero-order valence-electron chi connectivity index (χ0n) is 12.9. The van der Waals surface area contributed by atoms with Gasteiger partial charge in [0.2, 0.25) is 0 Å². The fraction of sp³-hybridized carbons (Fsp3) is 0.438. The second-order valence-electron chi connectivity index (χ2n) is 6.10. The van der Waals surface area contributed by atoms with E-state index in [0.29, 0.717) is 6.04 Å². The van der Waals surface area contributed by atoms with E-state index in [-0.39, 0.29) is 0 Å². The van der Waals surface area contributed by atoms with Crippen LogP contribution >= 0.6 is 0 Å². The molecule has 1 aliphatic heterocycles. The van der Waals surface area contributed by atoms with Crippen LogP contribution in [0.2, 0.25) is 0 Å². The molecule has 3 heterocycles. The lowest BCUT2D eigenvalue weighted by Gasteiger charge is -2.17. The van der Waals surface area contributed by atoms with Gasteiger partial charge in [-0.05, 0) is 48.3 Å². The van der Waals surface area contributed by atoms with Crippen LogP contribution in [0.5, 0.6) is 0 Å². The van der Waals surface area contributed by atoms with Crippen molar-refractivity contribution in [3.63, 3.8) is 0 Å². The second-order valence-corrected chi connectivity index (χ2v) is 6.10. The Morgan fingerprint density at radius 2 is 2.18 bits per heavy atom. The number of benzene rings is 1. The maximum absolute atomic E-state index is 4.85. The number of hydrogen-bond donors (Lipinski definition) is 0. The van der Waals surface area contributed by atoms with E-state index in [1.807, 2.05) is 12.1 Å². The van der Waals surface area contributed by atoms with Gasteiger partial charge in [-0.3, -0.25) is 9.58 Å². The number of hydrogen-bond acceptors (Lipinski definition) is 5. The molecule has 0 saturated carbocycles. The third-order valence-electron chi connectivity index (χ3n) is 4.40. The fourth-order valence-electron chi connectivity index (χ4n) is 3.40. The van der Waals surface area contributed by atoms with Crippen LogP contribution in [0.1, 0.15) is 29.4 Å². The van der Waals surface area contributed by atoms with Crippen LogP contribution in [0, 0.1) is 13.8 Å². The summed E-state index contributed by atoms with van der Waals surface area (Å²) in [7, 11) is 0. The first-order chi connectivity index (χ1) is 10.7. The molecule has 2 aromatic heterocycles. The van der Waals surface area contributed by atoms with Crippen molar-refractivity contribution < 1.29 is 4.63 Å². The third kappa shape index (κ3) is 2.29. The highest BCUT2D eigenvalue weighted by Crippen LogP contribution is 2.25. The number of fused-ring (bicyclic) bond motifs is 1. The van der Waals surface area contributed by atoms with E-state index in [0.717, 1.165) is 42.8 Å². The van der Waals surface area contributed by atoms with Gasteiger partial charge in [0.1, 0.15) is 11.0 Å². The normalized spacial score (nSPS) is 19.3. The van der Waals surface area contributed by atoms with E-state index in [2.05, 4.69) is 51.0 Å². The predicted molar refractivity (Wildman–Crippen MR) is 82.4 cm³/mol. The summed E-state index contributed by atoms with van der Waals surface area (Å²) in [6.45, 7) is 7.15. The summed E-state index contributed by atoms with van der Waals surface area (Å²) in [6, 6.07) is 8.64. The van der Waals surface area contributed by atoms with Gasteiger partial charge in [-0.2, -0.15) is 5.10 Å². The van der Waals surface area contributed by atoms with Crippen molar-refractivity contribution >= 4 is 11.0 Å². The van der Waals surface area contributed by atoms with Crippen molar-refractivity contribution in [1.29, 1.82) is 0 Å². The molecule has 114 valence electrons. The summed E-state index contributed by atoms with van der Waals surface area (Å²) in [4.78, 5) is 2.45. The highest BCUT2D eigenvalue weighted by Gasteiger charge is 2.26. The van der Waals surface area contributed by atoms with Gasteiger partial charge in [0.05, 0.1) is 11.7 Å². The topological polar surface area (TPSA) is 60.0 Å². The van der Waals surface area contributed by atoms with Gasteiger partial charge in [-0.25, -0.2) is 4.63 Å².